The van der Waals surface area contributed by atoms with Gasteiger partial charge in [0.2, 0.25) is 0 Å². The molecule has 0 heterocycles. The molecule has 0 radical (unpaired) electrons. The minimum Gasteiger partial charge on any atom is -0.308 e. The van der Waals surface area contributed by atoms with Crippen molar-refractivity contribution in [3.63, 3.8) is 0 Å². The first kappa shape index (κ1) is 19.4. The van der Waals surface area contributed by atoms with Crippen LogP contribution < -0.4 is 0 Å². The molecule has 0 aliphatic heterocycles. The lowest BCUT2D eigenvalue weighted by molar-refractivity contribution is 0.975. The van der Waals surface area contributed by atoms with Crippen LogP contribution in [0.15, 0.2) is 59.7 Å². The van der Waals surface area contributed by atoms with Gasteiger partial charge in [-0.25, -0.2) is 0 Å². The number of rotatable bonds is 3. The Morgan fingerprint density at radius 2 is 1.59 bits per heavy atom. The van der Waals surface area contributed by atoms with Crippen LogP contribution in [-0.2, 0) is 0 Å². The topological polar surface area (TPSA) is 23.9 Å². The predicted octanol–water partition coefficient (Wildman–Crippen LogP) is 7.80. The summed E-state index contributed by atoms with van der Waals surface area (Å²) in [7, 11) is 0. The summed E-state index contributed by atoms with van der Waals surface area (Å²) in [5, 5.41) is 10.7. The van der Waals surface area contributed by atoms with Crippen LogP contribution in [0, 0.1) is 32.1 Å². The quantitative estimate of drug-likeness (QED) is 0.449. The number of fused-ring (bicyclic) bond motifs is 1. The number of allylic oxidation sites excluding steroid dienone is 4. The van der Waals surface area contributed by atoms with Crippen LogP contribution in [0.1, 0.15) is 48.6 Å². The third-order valence-electron chi connectivity index (χ3n) is 6.80. The second-order valence-corrected chi connectivity index (χ2v) is 8.44. The molecule has 0 saturated heterocycles. The summed E-state index contributed by atoms with van der Waals surface area (Å²) in [4.78, 5) is 0. The largest absolute Gasteiger partial charge is 0.308 e. The molecule has 1 unspecified atom stereocenters. The standard InChI is InChI=1S/C28H29N/c1-16-11-12-23(21(6)19(16)4)25-14-22-9-7-8-10-24(22)26(15-29)28(25)27-18(3)13-17(2)20(27)5/h7-15,18,29H,1-6H3. The number of nitrogens with one attached hydrogen (secondary N) is 1. The molecule has 0 spiro atoms. The molecule has 1 aliphatic rings. The van der Waals surface area contributed by atoms with E-state index in [1.807, 2.05) is 0 Å². The molecular formula is C28H29N. The van der Waals surface area contributed by atoms with E-state index < -0.39 is 0 Å². The minimum absolute atomic E-state index is 0.348. The highest BCUT2D eigenvalue weighted by Crippen LogP contribution is 2.45. The molecule has 0 bridgehead atoms. The van der Waals surface area contributed by atoms with E-state index in [1.54, 1.807) is 6.21 Å². The van der Waals surface area contributed by atoms with Crippen LogP contribution in [0.2, 0.25) is 0 Å². The Kier molecular flexibility index (Phi) is 4.78. The Bertz CT molecular complexity index is 1220. The number of hydrogen-bond donors (Lipinski definition) is 1. The molecule has 1 aliphatic carbocycles. The summed E-state index contributed by atoms with van der Waals surface area (Å²) in [5.41, 5.74) is 12.8. The maximum atomic E-state index is 8.34. The Hall–Kier alpha value is -2.93. The zero-order valence-corrected chi connectivity index (χ0v) is 18.3. The molecule has 0 amide bonds. The first-order valence-corrected chi connectivity index (χ1v) is 10.4. The van der Waals surface area contributed by atoms with Crippen LogP contribution >= 0.6 is 0 Å². The molecule has 1 nitrogen and oxygen atoms in total. The molecule has 1 N–H and O–H groups in total. The van der Waals surface area contributed by atoms with Gasteiger partial charge in [0.25, 0.3) is 0 Å². The molecule has 3 aromatic carbocycles. The number of hydrogen-bond acceptors (Lipinski definition) is 1. The summed E-state index contributed by atoms with van der Waals surface area (Å²) in [6.45, 7) is 13.3. The highest BCUT2D eigenvalue weighted by atomic mass is 14.4. The maximum Gasteiger partial charge on any atom is 0.0262 e. The van der Waals surface area contributed by atoms with E-state index in [4.69, 9.17) is 5.41 Å². The third kappa shape index (κ3) is 2.97. The fourth-order valence-electron chi connectivity index (χ4n) is 4.83. The van der Waals surface area contributed by atoms with Crippen molar-refractivity contribution in [1.82, 2.24) is 0 Å². The Balaban J connectivity index is 2.18. The maximum absolute atomic E-state index is 8.34. The van der Waals surface area contributed by atoms with Crippen molar-refractivity contribution in [2.75, 3.05) is 0 Å². The minimum atomic E-state index is 0.348. The zero-order chi connectivity index (χ0) is 20.9. The van der Waals surface area contributed by atoms with Crippen molar-refractivity contribution in [3.05, 3.63) is 87.5 Å². The predicted molar refractivity (Wildman–Crippen MR) is 127 cm³/mol. The van der Waals surface area contributed by atoms with Crippen molar-refractivity contribution in [2.45, 2.75) is 41.5 Å². The summed E-state index contributed by atoms with van der Waals surface area (Å²) in [6.07, 6.45) is 3.91. The summed E-state index contributed by atoms with van der Waals surface area (Å²) in [6, 6.07) is 15.3. The molecule has 29 heavy (non-hydrogen) atoms. The molecule has 1 atom stereocenters. The molecule has 4 rings (SSSR count). The van der Waals surface area contributed by atoms with Crippen LogP contribution in [0.4, 0.5) is 0 Å². The molecule has 0 aromatic heterocycles. The molecule has 146 valence electrons. The summed E-state index contributed by atoms with van der Waals surface area (Å²) >= 11 is 0. The van der Waals surface area contributed by atoms with Gasteiger partial charge >= 0.3 is 0 Å². The van der Waals surface area contributed by atoms with Gasteiger partial charge in [-0.15, -0.1) is 0 Å². The fraction of sp³-hybridized carbons (Fsp3) is 0.250. The van der Waals surface area contributed by atoms with E-state index in [0.717, 1.165) is 10.9 Å². The van der Waals surface area contributed by atoms with Crippen molar-refractivity contribution in [2.24, 2.45) is 5.92 Å². The average molecular weight is 380 g/mol. The second kappa shape index (κ2) is 7.15. The fourth-order valence-corrected chi connectivity index (χ4v) is 4.83. The summed E-state index contributed by atoms with van der Waals surface area (Å²) in [5.74, 6) is 0.348. The first-order chi connectivity index (χ1) is 13.8. The van der Waals surface area contributed by atoms with Crippen LogP contribution in [0.3, 0.4) is 0 Å². The van der Waals surface area contributed by atoms with Gasteiger partial charge in [-0.1, -0.05) is 55.0 Å². The molecule has 0 fully saturated rings. The van der Waals surface area contributed by atoms with Crippen molar-refractivity contribution >= 4 is 22.6 Å². The Labute approximate surface area is 174 Å². The lowest BCUT2D eigenvalue weighted by atomic mass is 9.81. The molecule has 1 heteroatoms. The second-order valence-electron chi connectivity index (χ2n) is 8.44. The third-order valence-corrected chi connectivity index (χ3v) is 6.80. The van der Waals surface area contributed by atoms with Gasteiger partial charge in [0.1, 0.15) is 0 Å². The highest BCUT2D eigenvalue weighted by Gasteiger charge is 2.26. The van der Waals surface area contributed by atoms with Crippen LogP contribution in [-0.4, -0.2) is 6.21 Å². The van der Waals surface area contributed by atoms with Gasteiger partial charge in [-0.3, -0.25) is 0 Å². The van der Waals surface area contributed by atoms with Crippen LogP contribution in [0.5, 0.6) is 0 Å². The molecule has 3 aromatic rings. The Morgan fingerprint density at radius 1 is 0.862 bits per heavy atom. The van der Waals surface area contributed by atoms with Gasteiger partial charge in [-0.05, 0) is 96.0 Å². The number of benzene rings is 3. The van der Waals surface area contributed by atoms with Gasteiger partial charge in [0.15, 0.2) is 0 Å². The highest BCUT2D eigenvalue weighted by molar-refractivity contribution is 6.09. The number of aryl methyl sites for hydroxylation is 1. The Morgan fingerprint density at radius 3 is 2.24 bits per heavy atom. The van der Waals surface area contributed by atoms with E-state index in [1.165, 1.54) is 55.5 Å². The lowest BCUT2D eigenvalue weighted by Crippen LogP contribution is -2.04. The normalized spacial score (nSPS) is 16.5. The van der Waals surface area contributed by atoms with E-state index in [2.05, 4.69) is 90.1 Å². The SMILES string of the molecule is CC1=CC(C)C(c2c(-c3ccc(C)c(C)c3C)cc3ccccc3c2C=N)=C1C. The van der Waals surface area contributed by atoms with Crippen LogP contribution in [0.25, 0.3) is 27.5 Å². The van der Waals surface area contributed by atoms with Gasteiger partial charge < -0.3 is 5.41 Å². The molecule has 0 saturated carbocycles. The summed E-state index contributed by atoms with van der Waals surface area (Å²) < 4.78 is 0. The smallest absolute Gasteiger partial charge is 0.0262 e. The van der Waals surface area contributed by atoms with Gasteiger partial charge in [0.05, 0.1) is 0 Å². The molecular weight excluding hydrogens is 350 g/mol. The lowest BCUT2D eigenvalue weighted by Gasteiger charge is -2.22. The zero-order valence-electron chi connectivity index (χ0n) is 18.3. The van der Waals surface area contributed by atoms with E-state index >= 15 is 0 Å². The average Bonchev–Trinajstić information content (AvgIpc) is 2.96. The van der Waals surface area contributed by atoms with Gasteiger partial charge in [-0.2, -0.15) is 0 Å². The van der Waals surface area contributed by atoms with Crippen molar-refractivity contribution < 1.29 is 0 Å². The van der Waals surface area contributed by atoms with E-state index in [0.29, 0.717) is 5.92 Å². The van der Waals surface area contributed by atoms with Crippen molar-refractivity contribution in [3.8, 4) is 11.1 Å². The monoisotopic (exact) mass is 379 g/mol. The van der Waals surface area contributed by atoms with E-state index in [9.17, 15) is 0 Å². The first-order valence-electron chi connectivity index (χ1n) is 10.4. The van der Waals surface area contributed by atoms with E-state index in [-0.39, 0.29) is 0 Å². The van der Waals surface area contributed by atoms with Crippen molar-refractivity contribution in [1.29, 1.82) is 5.41 Å². The van der Waals surface area contributed by atoms with Gasteiger partial charge in [0, 0.05) is 17.7 Å².